The van der Waals surface area contributed by atoms with E-state index < -0.39 is 4.92 Å². The molecular weight excluding hydrogens is 404 g/mol. The van der Waals surface area contributed by atoms with Crippen molar-refractivity contribution in [3.05, 3.63) is 54.2 Å². The summed E-state index contributed by atoms with van der Waals surface area (Å²) in [5.74, 6) is 0.266. The zero-order valence-electron chi connectivity index (χ0n) is 9.23. The normalized spacial score (nSPS) is 10.3. The van der Waals surface area contributed by atoms with Crippen LogP contribution < -0.4 is 5.32 Å². The highest BCUT2D eigenvalue weighted by molar-refractivity contribution is 14.1. The van der Waals surface area contributed by atoms with Crippen LogP contribution in [0.4, 0.5) is 17.2 Å². The summed E-state index contributed by atoms with van der Waals surface area (Å²) >= 11 is 13.9. The lowest BCUT2D eigenvalue weighted by Crippen LogP contribution is -1.97. The van der Waals surface area contributed by atoms with Gasteiger partial charge in [-0.25, -0.2) is 4.98 Å². The highest BCUT2D eigenvalue weighted by atomic mass is 127. The Balaban J connectivity index is 2.35. The van der Waals surface area contributed by atoms with E-state index in [1.807, 2.05) is 6.07 Å². The van der Waals surface area contributed by atoms with E-state index in [9.17, 15) is 10.1 Å². The van der Waals surface area contributed by atoms with Gasteiger partial charge in [-0.1, -0.05) is 23.2 Å². The number of rotatable bonds is 3. The summed E-state index contributed by atoms with van der Waals surface area (Å²) in [5, 5.41) is 14.2. The van der Waals surface area contributed by atoms with Crippen LogP contribution in [0.15, 0.2) is 30.3 Å². The van der Waals surface area contributed by atoms with Gasteiger partial charge < -0.3 is 5.32 Å². The smallest absolute Gasteiger partial charge is 0.276 e. The second kappa shape index (κ2) is 5.89. The maximum atomic E-state index is 10.7. The molecule has 19 heavy (non-hydrogen) atoms. The average molecular weight is 410 g/mol. The topological polar surface area (TPSA) is 68.1 Å². The minimum absolute atomic E-state index is 0.0401. The second-order valence-corrected chi connectivity index (χ2v) is 5.58. The third kappa shape index (κ3) is 3.68. The van der Waals surface area contributed by atoms with Crippen LogP contribution >= 0.6 is 45.8 Å². The number of hydrogen-bond acceptors (Lipinski definition) is 4. The van der Waals surface area contributed by atoms with Crippen LogP contribution in [-0.2, 0) is 0 Å². The molecule has 0 amide bonds. The predicted octanol–water partition coefficient (Wildman–Crippen LogP) is 4.64. The van der Waals surface area contributed by atoms with Crippen molar-refractivity contribution in [2.45, 2.75) is 0 Å². The summed E-state index contributed by atoms with van der Waals surface area (Å²) < 4.78 is 0.984. The highest BCUT2D eigenvalue weighted by Gasteiger charge is 2.11. The number of nitro groups is 1. The van der Waals surface area contributed by atoms with Gasteiger partial charge in [-0.05, 0) is 40.8 Å². The Kier molecular flexibility index (Phi) is 4.43. The Morgan fingerprint density at radius 3 is 2.63 bits per heavy atom. The minimum Gasteiger partial charge on any atom is -0.339 e. The average Bonchev–Trinajstić information content (AvgIpc) is 2.32. The quantitative estimate of drug-likeness (QED) is 0.347. The van der Waals surface area contributed by atoms with E-state index in [-0.39, 0.29) is 16.7 Å². The molecular formula is C11H6Cl2IN3O2. The molecule has 0 spiro atoms. The zero-order chi connectivity index (χ0) is 14.0. The summed E-state index contributed by atoms with van der Waals surface area (Å²) in [6.07, 6.45) is 0. The first-order chi connectivity index (χ1) is 8.95. The van der Waals surface area contributed by atoms with Gasteiger partial charge in [-0.3, -0.25) is 10.1 Å². The molecule has 0 saturated heterocycles. The molecule has 8 heteroatoms. The molecule has 1 aromatic heterocycles. The first-order valence-corrected chi connectivity index (χ1v) is 6.83. The van der Waals surface area contributed by atoms with Crippen LogP contribution in [-0.4, -0.2) is 9.91 Å². The zero-order valence-corrected chi connectivity index (χ0v) is 12.9. The maximum absolute atomic E-state index is 10.7. The number of benzene rings is 1. The standard InChI is InChI=1S/C11H6Cl2IN3O2/c12-8-3-6(14)1-2-9(8)15-11-5-7(17(18)19)4-10(13)16-11/h1-5H,(H,15,16). The number of aromatic nitrogens is 1. The molecule has 0 aliphatic heterocycles. The fourth-order valence-corrected chi connectivity index (χ4v) is 2.49. The Labute approximate surface area is 132 Å². The minimum atomic E-state index is -0.533. The molecule has 0 fully saturated rings. The van der Waals surface area contributed by atoms with Crippen molar-refractivity contribution in [3.63, 3.8) is 0 Å². The number of nitrogens with one attached hydrogen (secondary N) is 1. The van der Waals surface area contributed by atoms with Crippen molar-refractivity contribution in [2.75, 3.05) is 5.32 Å². The van der Waals surface area contributed by atoms with Crippen molar-refractivity contribution in [1.29, 1.82) is 0 Å². The van der Waals surface area contributed by atoms with Crippen molar-refractivity contribution in [2.24, 2.45) is 0 Å². The second-order valence-electron chi connectivity index (χ2n) is 3.54. The van der Waals surface area contributed by atoms with Crippen LogP contribution in [0.5, 0.6) is 0 Å². The third-order valence-corrected chi connectivity index (χ3v) is 3.36. The summed E-state index contributed by atoms with van der Waals surface area (Å²) in [6.45, 7) is 0. The van der Waals surface area contributed by atoms with Crippen LogP contribution in [0.1, 0.15) is 0 Å². The van der Waals surface area contributed by atoms with Crippen molar-refractivity contribution < 1.29 is 4.92 Å². The van der Waals surface area contributed by atoms with E-state index in [4.69, 9.17) is 23.2 Å². The first-order valence-electron chi connectivity index (χ1n) is 5.00. The van der Waals surface area contributed by atoms with Crippen LogP contribution in [0.2, 0.25) is 10.2 Å². The molecule has 0 saturated carbocycles. The molecule has 0 bridgehead atoms. The lowest BCUT2D eigenvalue weighted by atomic mass is 10.3. The number of nitrogens with zero attached hydrogens (tertiary/aromatic N) is 2. The number of pyridine rings is 1. The Morgan fingerprint density at radius 2 is 2.00 bits per heavy atom. The number of anilines is 2. The molecule has 5 nitrogen and oxygen atoms in total. The van der Waals surface area contributed by atoms with Crippen molar-refractivity contribution >= 4 is 63.0 Å². The monoisotopic (exact) mass is 409 g/mol. The van der Waals surface area contributed by atoms with Crippen LogP contribution in [0.3, 0.4) is 0 Å². The number of halogens is 3. The molecule has 0 radical (unpaired) electrons. The van der Waals surface area contributed by atoms with E-state index >= 15 is 0 Å². The van der Waals surface area contributed by atoms with Gasteiger partial charge in [0.05, 0.1) is 27.8 Å². The summed E-state index contributed by atoms with van der Waals surface area (Å²) in [5.41, 5.74) is 0.468. The van der Waals surface area contributed by atoms with E-state index in [1.165, 1.54) is 12.1 Å². The van der Waals surface area contributed by atoms with Crippen molar-refractivity contribution in [3.8, 4) is 0 Å². The van der Waals surface area contributed by atoms with Gasteiger partial charge in [0, 0.05) is 3.57 Å². The maximum Gasteiger partial charge on any atom is 0.276 e. The molecule has 1 aromatic carbocycles. The van der Waals surface area contributed by atoms with E-state index in [1.54, 1.807) is 12.1 Å². The summed E-state index contributed by atoms with van der Waals surface area (Å²) in [6, 6.07) is 7.86. The van der Waals surface area contributed by atoms with E-state index in [2.05, 4.69) is 32.9 Å². The Bertz CT molecular complexity index is 652. The van der Waals surface area contributed by atoms with Gasteiger partial charge in [0.2, 0.25) is 0 Å². The highest BCUT2D eigenvalue weighted by Crippen LogP contribution is 2.28. The molecule has 1 N–H and O–H groups in total. The van der Waals surface area contributed by atoms with E-state index in [0.29, 0.717) is 10.7 Å². The fourth-order valence-electron chi connectivity index (χ4n) is 1.38. The molecule has 0 aliphatic carbocycles. The molecule has 98 valence electrons. The Hall–Kier alpha value is -1.12. The van der Waals surface area contributed by atoms with Gasteiger partial charge in [0.15, 0.2) is 0 Å². The van der Waals surface area contributed by atoms with Gasteiger partial charge in [-0.15, -0.1) is 0 Å². The molecule has 2 rings (SSSR count). The lowest BCUT2D eigenvalue weighted by Gasteiger charge is -2.08. The molecule has 2 aromatic rings. The van der Waals surface area contributed by atoms with Crippen LogP contribution in [0, 0.1) is 13.7 Å². The lowest BCUT2D eigenvalue weighted by molar-refractivity contribution is -0.384. The van der Waals surface area contributed by atoms with Crippen LogP contribution in [0.25, 0.3) is 0 Å². The SMILES string of the molecule is O=[N+]([O-])c1cc(Cl)nc(Nc2ccc(I)cc2Cl)c1. The van der Waals surface area contributed by atoms with Gasteiger partial charge in [-0.2, -0.15) is 0 Å². The molecule has 0 unspecified atom stereocenters. The van der Waals surface area contributed by atoms with E-state index in [0.717, 1.165) is 3.57 Å². The Morgan fingerprint density at radius 1 is 1.26 bits per heavy atom. The number of hydrogen-bond donors (Lipinski definition) is 1. The van der Waals surface area contributed by atoms with Gasteiger partial charge in [0.1, 0.15) is 11.0 Å². The molecule has 1 heterocycles. The fraction of sp³-hybridized carbons (Fsp3) is 0. The summed E-state index contributed by atoms with van der Waals surface area (Å²) in [7, 11) is 0. The predicted molar refractivity (Wildman–Crippen MR) is 83.4 cm³/mol. The molecule has 0 aliphatic rings. The molecule has 0 atom stereocenters. The van der Waals surface area contributed by atoms with Gasteiger partial charge >= 0.3 is 0 Å². The third-order valence-electron chi connectivity index (χ3n) is 2.18. The van der Waals surface area contributed by atoms with Crippen molar-refractivity contribution in [1.82, 2.24) is 4.98 Å². The largest absolute Gasteiger partial charge is 0.339 e. The van der Waals surface area contributed by atoms with Gasteiger partial charge in [0.25, 0.3) is 5.69 Å². The summed E-state index contributed by atoms with van der Waals surface area (Å²) in [4.78, 5) is 14.2. The first kappa shape index (κ1) is 14.3.